The third-order valence-corrected chi connectivity index (χ3v) is 4.10. The predicted octanol–water partition coefficient (Wildman–Crippen LogP) is 4.69. The molecule has 130 valence electrons. The topological polar surface area (TPSA) is 50.1 Å². The highest BCUT2D eigenvalue weighted by atomic mass is 19.1. The Hall–Kier alpha value is -2.67. The van der Waals surface area contributed by atoms with Crippen molar-refractivity contribution in [2.24, 2.45) is 0 Å². The molecular weight excluding hydrogens is 317 g/mol. The minimum Gasteiger partial charge on any atom is -0.465 e. The van der Waals surface area contributed by atoms with Crippen molar-refractivity contribution in [3.8, 4) is 6.07 Å². The Morgan fingerprint density at radius 3 is 2.36 bits per heavy atom. The van der Waals surface area contributed by atoms with Gasteiger partial charge in [-0.25, -0.2) is 4.39 Å². The van der Waals surface area contributed by atoms with Gasteiger partial charge in [-0.05, 0) is 35.1 Å². The van der Waals surface area contributed by atoms with E-state index in [-0.39, 0.29) is 17.6 Å². The second kappa shape index (κ2) is 7.48. The van der Waals surface area contributed by atoms with Crippen LogP contribution in [0.2, 0.25) is 0 Å². The van der Waals surface area contributed by atoms with Crippen molar-refractivity contribution in [2.75, 3.05) is 6.61 Å². The number of carbonyl (C=O) groups excluding carboxylic acids is 1. The Balaban J connectivity index is 2.57. The molecule has 0 bridgehead atoms. The third-order valence-electron chi connectivity index (χ3n) is 4.10. The SMILES string of the molecule is CCOC(=O)C(c1ccc(C(C)(C)C)cc1)c1cccc(F)c1C#N. The highest BCUT2D eigenvalue weighted by molar-refractivity contribution is 5.83. The second-order valence-electron chi connectivity index (χ2n) is 6.87. The maximum atomic E-state index is 14.0. The molecule has 0 amide bonds. The zero-order chi connectivity index (χ0) is 18.6. The summed E-state index contributed by atoms with van der Waals surface area (Å²) in [6.45, 7) is 8.24. The lowest BCUT2D eigenvalue weighted by Crippen LogP contribution is -2.19. The van der Waals surface area contributed by atoms with E-state index in [9.17, 15) is 14.4 Å². The molecule has 0 aromatic heterocycles. The number of nitrogens with zero attached hydrogens (tertiary/aromatic N) is 1. The predicted molar refractivity (Wildman–Crippen MR) is 94.7 cm³/mol. The number of halogens is 1. The molecule has 0 N–H and O–H groups in total. The maximum Gasteiger partial charge on any atom is 0.317 e. The Morgan fingerprint density at radius 1 is 1.20 bits per heavy atom. The van der Waals surface area contributed by atoms with Crippen molar-refractivity contribution >= 4 is 5.97 Å². The summed E-state index contributed by atoms with van der Waals surface area (Å²) in [5.74, 6) is -1.96. The summed E-state index contributed by atoms with van der Waals surface area (Å²) in [7, 11) is 0. The molecule has 1 atom stereocenters. The molecule has 0 saturated carbocycles. The van der Waals surface area contributed by atoms with Gasteiger partial charge < -0.3 is 4.74 Å². The maximum absolute atomic E-state index is 14.0. The standard InChI is InChI=1S/C21H22FNO2/c1-5-25-20(24)19(16-7-6-8-18(22)17(16)13-23)14-9-11-15(12-10-14)21(2,3)4/h6-12,19H,5H2,1-4H3. The molecule has 1 unspecified atom stereocenters. The number of hydrogen-bond acceptors (Lipinski definition) is 3. The summed E-state index contributed by atoms with van der Waals surface area (Å²) >= 11 is 0. The fourth-order valence-corrected chi connectivity index (χ4v) is 2.74. The highest BCUT2D eigenvalue weighted by Crippen LogP contribution is 2.31. The van der Waals surface area contributed by atoms with Crippen molar-refractivity contribution in [3.63, 3.8) is 0 Å². The molecule has 2 rings (SSSR count). The summed E-state index contributed by atoms with van der Waals surface area (Å²) in [6, 6.07) is 13.8. The van der Waals surface area contributed by atoms with Crippen molar-refractivity contribution in [1.82, 2.24) is 0 Å². The Morgan fingerprint density at radius 2 is 1.84 bits per heavy atom. The quantitative estimate of drug-likeness (QED) is 0.759. The van der Waals surface area contributed by atoms with Crippen LogP contribution in [0.4, 0.5) is 4.39 Å². The normalized spacial score (nSPS) is 12.3. The summed E-state index contributed by atoms with van der Waals surface area (Å²) in [5, 5.41) is 9.32. The Bertz CT molecular complexity index is 798. The molecule has 0 fully saturated rings. The average molecular weight is 339 g/mol. The Kier molecular flexibility index (Phi) is 5.58. The average Bonchev–Trinajstić information content (AvgIpc) is 2.55. The molecule has 4 heteroatoms. The van der Waals surface area contributed by atoms with Crippen LogP contribution >= 0.6 is 0 Å². The molecule has 3 nitrogen and oxygen atoms in total. The lowest BCUT2D eigenvalue weighted by Gasteiger charge is -2.22. The van der Waals surface area contributed by atoms with E-state index in [2.05, 4.69) is 20.8 Å². The minimum atomic E-state index is -0.834. The van der Waals surface area contributed by atoms with Crippen molar-refractivity contribution in [2.45, 2.75) is 39.0 Å². The first-order valence-electron chi connectivity index (χ1n) is 8.25. The first-order chi connectivity index (χ1) is 11.8. The van der Waals surface area contributed by atoms with Crippen molar-refractivity contribution in [3.05, 3.63) is 70.5 Å². The van der Waals surface area contributed by atoms with Crippen molar-refractivity contribution < 1.29 is 13.9 Å². The van der Waals surface area contributed by atoms with E-state index >= 15 is 0 Å². The van der Waals surface area contributed by atoms with E-state index in [1.807, 2.05) is 30.3 Å². The first kappa shape index (κ1) is 18.7. The number of benzene rings is 2. The van der Waals surface area contributed by atoms with E-state index < -0.39 is 17.7 Å². The van der Waals surface area contributed by atoms with Gasteiger partial charge in [-0.2, -0.15) is 5.26 Å². The van der Waals surface area contributed by atoms with Gasteiger partial charge in [0.1, 0.15) is 17.8 Å². The van der Waals surface area contributed by atoms with Gasteiger partial charge >= 0.3 is 5.97 Å². The molecule has 25 heavy (non-hydrogen) atoms. The fraction of sp³-hybridized carbons (Fsp3) is 0.333. The van der Waals surface area contributed by atoms with Gasteiger partial charge in [0, 0.05) is 0 Å². The van der Waals surface area contributed by atoms with Crippen LogP contribution in [0, 0.1) is 17.1 Å². The van der Waals surface area contributed by atoms with Gasteiger partial charge in [0.05, 0.1) is 12.2 Å². The number of nitriles is 1. The molecule has 0 aliphatic carbocycles. The van der Waals surface area contributed by atoms with Crippen LogP contribution in [0.5, 0.6) is 0 Å². The van der Waals surface area contributed by atoms with Gasteiger partial charge in [0.2, 0.25) is 0 Å². The van der Waals surface area contributed by atoms with E-state index in [4.69, 9.17) is 4.74 Å². The van der Waals surface area contributed by atoms with E-state index in [1.54, 1.807) is 13.0 Å². The van der Waals surface area contributed by atoms with Crippen LogP contribution in [0.15, 0.2) is 42.5 Å². The minimum absolute atomic E-state index is 0.0192. The molecule has 2 aromatic carbocycles. The number of ether oxygens (including phenoxy) is 1. The summed E-state index contributed by atoms with van der Waals surface area (Å²) in [5.41, 5.74) is 1.98. The number of hydrogen-bond donors (Lipinski definition) is 0. The molecule has 0 heterocycles. The second-order valence-corrected chi connectivity index (χ2v) is 6.87. The van der Waals surface area contributed by atoms with Crippen LogP contribution in [-0.2, 0) is 14.9 Å². The third kappa shape index (κ3) is 4.06. The van der Waals surface area contributed by atoms with Gasteiger partial charge in [0.15, 0.2) is 0 Å². The van der Waals surface area contributed by atoms with Crippen LogP contribution in [0.3, 0.4) is 0 Å². The summed E-state index contributed by atoms with van der Waals surface area (Å²) < 4.78 is 19.2. The summed E-state index contributed by atoms with van der Waals surface area (Å²) in [6.07, 6.45) is 0. The molecule has 2 aromatic rings. The van der Waals surface area contributed by atoms with Gasteiger partial charge in [-0.1, -0.05) is 57.2 Å². The van der Waals surface area contributed by atoms with Gasteiger partial charge in [0.25, 0.3) is 0 Å². The van der Waals surface area contributed by atoms with E-state index in [0.29, 0.717) is 11.1 Å². The van der Waals surface area contributed by atoms with Crippen LogP contribution in [0.25, 0.3) is 0 Å². The molecule has 0 saturated heterocycles. The van der Waals surface area contributed by atoms with Crippen molar-refractivity contribution in [1.29, 1.82) is 5.26 Å². The van der Waals surface area contributed by atoms with Crippen LogP contribution < -0.4 is 0 Å². The van der Waals surface area contributed by atoms with Gasteiger partial charge in [-0.3, -0.25) is 4.79 Å². The zero-order valence-electron chi connectivity index (χ0n) is 15.0. The lowest BCUT2D eigenvalue weighted by atomic mass is 9.83. The zero-order valence-corrected chi connectivity index (χ0v) is 15.0. The van der Waals surface area contributed by atoms with Gasteiger partial charge in [-0.15, -0.1) is 0 Å². The Labute approximate surface area is 148 Å². The highest BCUT2D eigenvalue weighted by Gasteiger charge is 2.28. The number of esters is 1. The molecule has 0 aliphatic rings. The van der Waals surface area contributed by atoms with E-state index in [0.717, 1.165) is 5.56 Å². The fourth-order valence-electron chi connectivity index (χ4n) is 2.74. The first-order valence-corrected chi connectivity index (χ1v) is 8.25. The van der Waals surface area contributed by atoms with E-state index in [1.165, 1.54) is 12.1 Å². The molecule has 0 radical (unpaired) electrons. The smallest absolute Gasteiger partial charge is 0.317 e. The molecule has 0 spiro atoms. The monoisotopic (exact) mass is 339 g/mol. The van der Waals surface area contributed by atoms with Crippen LogP contribution in [-0.4, -0.2) is 12.6 Å². The largest absolute Gasteiger partial charge is 0.465 e. The molecular formula is C21H22FNO2. The lowest BCUT2D eigenvalue weighted by molar-refractivity contribution is -0.143. The molecule has 0 aliphatic heterocycles. The van der Waals surface area contributed by atoms with Crippen LogP contribution in [0.1, 0.15) is 55.9 Å². The number of rotatable bonds is 4. The number of carbonyl (C=O) groups is 1. The summed E-state index contributed by atoms with van der Waals surface area (Å²) in [4.78, 5) is 12.6.